The second-order valence-electron chi connectivity index (χ2n) is 4.01. The number of nitrogens with one attached hydrogen (secondary N) is 1. The predicted octanol–water partition coefficient (Wildman–Crippen LogP) is -0.606. The van der Waals surface area contributed by atoms with Gasteiger partial charge in [0.2, 0.25) is 0 Å². The van der Waals surface area contributed by atoms with Crippen LogP contribution in [0.1, 0.15) is 11.9 Å². The number of nitrogens with zero attached hydrogens (tertiary/aromatic N) is 3. The number of imidazole rings is 1. The van der Waals surface area contributed by atoms with Gasteiger partial charge in [-0.05, 0) is 0 Å². The Morgan fingerprint density at radius 2 is 2.24 bits per heavy atom. The summed E-state index contributed by atoms with van der Waals surface area (Å²) in [7, 11) is 0. The van der Waals surface area contributed by atoms with E-state index in [9.17, 15) is 5.11 Å². The molecule has 1 aliphatic heterocycles. The second-order valence-corrected chi connectivity index (χ2v) is 4.01. The number of fused-ring (bicyclic) bond motifs is 1. The third-order valence-electron chi connectivity index (χ3n) is 3.03. The van der Waals surface area contributed by atoms with Gasteiger partial charge in [-0.3, -0.25) is 0 Å². The third-order valence-corrected chi connectivity index (χ3v) is 3.03. The second kappa shape index (κ2) is 4.02. The van der Waals surface area contributed by atoms with Crippen molar-refractivity contribution in [2.45, 2.75) is 12.2 Å². The van der Waals surface area contributed by atoms with Crippen LogP contribution in [0.3, 0.4) is 0 Å². The average Bonchev–Trinajstić information content (AvgIpc) is 2.72. The largest absolute Gasteiger partial charge is 0.396 e. The highest BCUT2D eigenvalue weighted by molar-refractivity contribution is 5.68. The molecule has 3 heterocycles. The molecule has 7 heteroatoms. The topological polar surface area (TPSA) is 104 Å². The van der Waals surface area contributed by atoms with Crippen molar-refractivity contribution < 1.29 is 14.9 Å². The van der Waals surface area contributed by atoms with Crippen LogP contribution in [0.4, 0.5) is 0 Å². The summed E-state index contributed by atoms with van der Waals surface area (Å²) in [5.41, 5.74) is 1.30. The van der Waals surface area contributed by atoms with Crippen molar-refractivity contribution in [1.82, 2.24) is 19.9 Å². The summed E-state index contributed by atoms with van der Waals surface area (Å²) < 4.78 is 5.46. The molecule has 2 aromatic rings. The summed E-state index contributed by atoms with van der Waals surface area (Å²) in [6.07, 6.45) is 2.43. The number of aromatic nitrogens is 4. The quantitative estimate of drug-likeness (QED) is 0.657. The normalized spacial score (nSPS) is 28.2. The predicted molar refractivity (Wildman–Crippen MR) is 57.0 cm³/mol. The van der Waals surface area contributed by atoms with Gasteiger partial charge in [0.25, 0.3) is 0 Å². The van der Waals surface area contributed by atoms with E-state index < -0.39 is 0 Å². The molecule has 0 aliphatic carbocycles. The molecule has 7 nitrogen and oxygen atoms in total. The van der Waals surface area contributed by atoms with E-state index in [4.69, 9.17) is 9.84 Å². The standard InChI is InChI=1S/C10H12N4O3/c15-2-5-7(3-16)17-8(5)10-13-6-1-11-4-12-9(6)14-10/h1,4-5,7-8,15-16H,2-3H2,(H,11,12,13,14). The minimum Gasteiger partial charge on any atom is -0.396 e. The van der Waals surface area contributed by atoms with E-state index in [-0.39, 0.29) is 31.3 Å². The first-order valence-electron chi connectivity index (χ1n) is 5.36. The Balaban J connectivity index is 1.89. The molecule has 3 unspecified atom stereocenters. The Bertz CT molecular complexity index is 496. The summed E-state index contributed by atoms with van der Waals surface area (Å²) in [6.45, 7) is -0.139. The summed E-state index contributed by atoms with van der Waals surface area (Å²) in [5.74, 6) is 0.484. The molecule has 90 valence electrons. The van der Waals surface area contributed by atoms with E-state index in [1.165, 1.54) is 6.33 Å². The maximum atomic E-state index is 9.23. The molecular weight excluding hydrogens is 224 g/mol. The first kappa shape index (κ1) is 10.6. The highest BCUT2D eigenvalue weighted by atomic mass is 16.5. The molecule has 0 amide bonds. The van der Waals surface area contributed by atoms with E-state index in [1.807, 2.05) is 0 Å². The number of aromatic amines is 1. The van der Waals surface area contributed by atoms with Crippen LogP contribution in [-0.4, -0.2) is 49.5 Å². The molecule has 2 aromatic heterocycles. The van der Waals surface area contributed by atoms with Crippen LogP contribution in [0, 0.1) is 5.92 Å². The highest BCUT2D eigenvalue weighted by Crippen LogP contribution is 2.39. The van der Waals surface area contributed by atoms with Gasteiger partial charge in [0.05, 0.1) is 25.5 Å². The van der Waals surface area contributed by atoms with Crippen LogP contribution in [0.5, 0.6) is 0 Å². The Labute approximate surface area is 96.5 Å². The Morgan fingerprint density at radius 3 is 2.94 bits per heavy atom. The first-order valence-corrected chi connectivity index (χ1v) is 5.36. The van der Waals surface area contributed by atoms with Crippen LogP contribution in [-0.2, 0) is 4.74 Å². The van der Waals surface area contributed by atoms with Crippen molar-refractivity contribution >= 4 is 11.2 Å². The van der Waals surface area contributed by atoms with Gasteiger partial charge in [-0.25, -0.2) is 15.0 Å². The van der Waals surface area contributed by atoms with E-state index in [1.54, 1.807) is 6.20 Å². The zero-order valence-electron chi connectivity index (χ0n) is 8.95. The van der Waals surface area contributed by atoms with Gasteiger partial charge in [0.1, 0.15) is 23.8 Å². The van der Waals surface area contributed by atoms with Crippen LogP contribution >= 0.6 is 0 Å². The summed E-state index contributed by atoms with van der Waals surface area (Å²) in [5, 5.41) is 18.2. The van der Waals surface area contributed by atoms with Gasteiger partial charge >= 0.3 is 0 Å². The van der Waals surface area contributed by atoms with E-state index in [0.717, 1.165) is 5.52 Å². The van der Waals surface area contributed by atoms with Crippen LogP contribution in [0.15, 0.2) is 12.5 Å². The molecule has 1 fully saturated rings. The van der Waals surface area contributed by atoms with Gasteiger partial charge in [0.15, 0.2) is 5.65 Å². The fourth-order valence-electron chi connectivity index (χ4n) is 2.07. The van der Waals surface area contributed by atoms with Crippen LogP contribution < -0.4 is 0 Å². The monoisotopic (exact) mass is 236 g/mol. The molecule has 0 bridgehead atoms. The van der Waals surface area contributed by atoms with Gasteiger partial charge in [-0.2, -0.15) is 0 Å². The molecule has 3 atom stereocenters. The Kier molecular flexibility index (Phi) is 2.50. The summed E-state index contributed by atoms with van der Waals surface area (Å²) in [6, 6.07) is 0. The number of hydrogen-bond donors (Lipinski definition) is 3. The molecule has 3 rings (SSSR count). The van der Waals surface area contributed by atoms with Crippen LogP contribution in [0.25, 0.3) is 11.2 Å². The average molecular weight is 236 g/mol. The maximum absolute atomic E-state index is 9.23. The Hall–Kier alpha value is -1.57. The number of hydrogen-bond acceptors (Lipinski definition) is 6. The minimum absolute atomic E-state index is 0.0430. The summed E-state index contributed by atoms with van der Waals surface area (Å²) >= 11 is 0. The number of rotatable bonds is 3. The molecule has 1 saturated heterocycles. The smallest absolute Gasteiger partial charge is 0.180 e. The van der Waals surface area contributed by atoms with Crippen molar-refractivity contribution in [3.8, 4) is 0 Å². The van der Waals surface area contributed by atoms with Gasteiger partial charge < -0.3 is 19.9 Å². The van der Waals surface area contributed by atoms with E-state index >= 15 is 0 Å². The molecule has 1 aliphatic rings. The number of H-pyrrole nitrogens is 1. The third kappa shape index (κ3) is 1.59. The molecule has 0 radical (unpaired) electrons. The van der Waals surface area contributed by atoms with E-state index in [0.29, 0.717) is 11.5 Å². The summed E-state index contributed by atoms with van der Waals surface area (Å²) in [4.78, 5) is 15.2. The fraction of sp³-hybridized carbons (Fsp3) is 0.500. The van der Waals surface area contributed by atoms with Crippen molar-refractivity contribution in [2.24, 2.45) is 5.92 Å². The Morgan fingerprint density at radius 1 is 1.35 bits per heavy atom. The van der Waals surface area contributed by atoms with Crippen LogP contribution in [0.2, 0.25) is 0 Å². The zero-order valence-corrected chi connectivity index (χ0v) is 8.95. The lowest BCUT2D eigenvalue weighted by atomic mass is 9.90. The molecule has 3 N–H and O–H groups in total. The minimum atomic E-state index is -0.315. The number of aliphatic hydroxyl groups is 2. The lowest BCUT2D eigenvalue weighted by Gasteiger charge is -2.41. The molecular formula is C10H12N4O3. The molecule has 0 saturated carbocycles. The number of aliphatic hydroxyl groups excluding tert-OH is 2. The maximum Gasteiger partial charge on any atom is 0.180 e. The lowest BCUT2D eigenvalue weighted by Crippen LogP contribution is -2.47. The lowest BCUT2D eigenvalue weighted by molar-refractivity contribution is -0.216. The van der Waals surface area contributed by atoms with Crippen molar-refractivity contribution in [3.05, 3.63) is 18.3 Å². The van der Waals surface area contributed by atoms with E-state index in [2.05, 4.69) is 19.9 Å². The molecule has 17 heavy (non-hydrogen) atoms. The SMILES string of the molecule is OCC1OC(c2nc3ncncc3[nH]2)C1CO. The highest BCUT2D eigenvalue weighted by Gasteiger charge is 2.44. The van der Waals surface area contributed by atoms with Crippen molar-refractivity contribution in [1.29, 1.82) is 0 Å². The fourth-order valence-corrected chi connectivity index (χ4v) is 2.07. The van der Waals surface area contributed by atoms with Gasteiger partial charge in [-0.15, -0.1) is 0 Å². The van der Waals surface area contributed by atoms with Crippen molar-refractivity contribution in [2.75, 3.05) is 13.2 Å². The molecule has 0 spiro atoms. The number of ether oxygens (including phenoxy) is 1. The first-order chi connectivity index (χ1) is 8.33. The van der Waals surface area contributed by atoms with Gasteiger partial charge in [0, 0.05) is 5.92 Å². The van der Waals surface area contributed by atoms with Gasteiger partial charge in [-0.1, -0.05) is 0 Å². The zero-order chi connectivity index (χ0) is 11.8. The van der Waals surface area contributed by atoms with Crippen molar-refractivity contribution in [3.63, 3.8) is 0 Å². The molecule has 0 aromatic carbocycles.